The Labute approximate surface area is 151 Å². The third-order valence-electron chi connectivity index (χ3n) is 4.27. The van der Waals surface area contributed by atoms with Crippen LogP contribution in [-0.2, 0) is 4.79 Å². The van der Waals surface area contributed by atoms with Gasteiger partial charge in [-0.05, 0) is 37.6 Å². The van der Waals surface area contributed by atoms with Crippen LogP contribution in [0.15, 0.2) is 60.9 Å². The van der Waals surface area contributed by atoms with Crippen LogP contribution in [0.2, 0.25) is 0 Å². The molecule has 0 saturated heterocycles. The van der Waals surface area contributed by atoms with E-state index in [1.165, 1.54) is 0 Å². The molecule has 3 rings (SSSR count). The van der Waals surface area contributed by atoms with Crippen LogP contribution < -0.4 is 11.1 Å². The van der Waals surface area contributed by atoms with Crippen molar-refractivity contribution in [1.29, 1.82) is 0 Å². The standard InChI is InChI=1S/C20H20N4O2/c1-13-11-17(14(2)24(13)16-9-6-10-22-12-16)20(26)23-18(19(21)25)15-7-4-3-5-8-15/h3-12,18H,1-2H3,(H2,21,25)(H,23,26)/t18-/m1/s1. The van der Waals surface area contributed by atoms with Crippen molar-refractivity contribution in [3.63, 3.8) is 0 Å². The van der Waals surface area contributed by atoms with Crippen molar-refractivity contribution >= 4 is 11.8 Å². The quantitative estimate of drug-likeness (QED) is 0.742. The molecule has 0 radical (unpaired) electrons. The number of amides is 2. The Morgan fingerprint density at radius 3 is 2.46 bits per heavy atom. The molecule has 0 aliphatic rings. The van der Waals surface area contributed by atoms with E-state index in [2.05, 4.69) is 10.3 Å². The topological polar surface area (TPSA) is 90.0 Å². The number of aryl methyl sites for hydroxylation is 1. The van der Waals surface area contributed by atoms with Crippen LogP contribution in [0.4, 0.5) is 0 Å². The summed E-state index contributed by atoms with van der Waals surface area (Å²) in [6, 6.07) is 13.6. The molecule has 132 valence electrons. The molecule has 2 heterocycles. The summed E-state index contributed by atoms with van der Waals surface area (Å²) in [5.74, 6) is -0.952. The third kappa shape index (κ3) is 3.35. The van der Waals surface area contributed by atoms with Crippen molar-refractivity contribution in [1.82, 2.24) is 14.9 Å². The Morgan fingerprint density at radius 2 is 1.85 bits per heavy atom. The predicted molar refractivity (Wildman–Crippen MR) is 98.9 cm³/mol. The second kappa shape index (κ2) is 7.23. The number of primary amides is 1. The van der Waals surface area contributed by atoms with E-state index in [0.29, 0.717) is 11.1 Å². The van der Waals surface area contributed by atoms with E-state index in [4.69, 9.17) is 5.73 Å². The van der Waals surface area contributed by atoms with Crippen molar-refractivity contribution < 1.29 is 9.59 Å². The fourth-order valence-electron chi connectivity index (χ4n) is 3.05. The number of rotatable bonds is 5. The highest BCUT2D eigenvalue weighted by molar-refractivity contribution is 5.99. The number of hydrogen-bond donors (Lipinski definition) is 2. The van der Waals surface area contributed by atoms with E-state index in [0.717, 1.165) is 17.1 Å². The number of carbonyl (C=O) groups excluding carboxylic acids is 2. The molecule has 3 N–H and O–H groups in total. The van der Waals surface area contributed by atoms with Gasteiger partial charge in [-0.3, -0.25) is 14.6 Å². The molecule has 0 aliphatic heterocycles. The number of hydrogen-bond acceptors (Lipinski definition) is 3. The average Bonchev–Trinajstić information content (AvgIpc) is 2.95. The van der Waals surface area contributed by atoms with E-state index in [1.54, 1.807) is 42.7 Å². The molecule has 0 spiro atoms. The molecular weight excluding hydrogens is 328 g/mol. The Bertz CT molecular complexity index is 933. The van der Waals surface area contributed by atoms with Crippen LogP contribution in [0.1, 0.15) is 33.4 Å². The Kier molecular flexibility index (Phi) is 4.84. The van der Waals surface area contributed by atoms with Gasteiger partial charge in [-0.2, -0.15) is 0 Å². The van der Waals surface area contributed by atoms with Gasteiger partial charge in [0, 0.05) is 17.6 Å². The van der Waals surface area contributed by atoms with E-state index in [9.17, 15) is 9.59 Å². The minimum atomic E-state index is -0.884. The number of benzene rings is 1. The Hall–Kier alpha value is -3.41. The molecule has 0 aliphatic carbocycles. The van der Waals surface area contributed by atoms with Crippen LogP contribution in [-0.4, -0.2) is 21.4 Å². The molecule has 1 atom stereocenters. The first-order valence-electron chi connectivity index (χ1n) is 8.23. The van der Waals surface area contributed by atoms with Crippen molar-refractivity contribution in [3.05, 3.63) is 83.4 Å². The van der Waals surface area contributed by atoms with Crippen molar-refractivity contribution in [2.24, 2.45) is 5.73 Å². The molecule has 6 nitrogen and oxygen atoms in total. The van der Waals surface area contributed by atoms with Gasteiger partial charge in [0.2, 0.25) is 5.91 Å². The van der Waals surface area contributed by atoms with Crippen molar-refractivity contribution in [2.75, 3.05) is 0 Å². The monoisotopic (exact) mass is 348 g/mol. The smallest absolute Gasteiger partial charge is 0.254 e. The van der Waals surface area contributed by atoms with Crippen molar-refractivity contribution in [2.45, 2.75) is 19.9 Å². The highest BCUT2D eigenvalue weighted by Crippen LogP contribution is 2.21. The summed E-state index contributed by atoms with van der Waals surface area (Å²) >= 11 is 0. The summed E-state index contributed by atoms with van der Waals surface area (Å²) in [5, 5.41) is 2.74. The molecule has 1 aromatic carbocycles. The highest BCUT2D eigenvalue weighted by atomic mass is 16.2. The first-order chi connectivity index (χ1) is 12.5. The van der Waals surface area contributed by atoms with Crippen LogP contribution in [0.25, 0.3) is 5.69 Å². The average molecular weight is 348 g/mol. The summed E-state index contributed by atoms with van der Waals surface area (Å²) in [5.41, 5.74) is 9.17. The van der Waals surface area contributed by atoms with Crippen LogP contribution in [0.5, 0.6) is 0 Å². The Morgan fingerprint density at radius 1 is 1.12 bits per heavy atom. The zero-order valence-corrected chi connectivity index (χ0v) is 14.6. The second-order valence-corrected chi connectivity index (χ2v) is 6.05. The minimum absolute atomic E-state index is 0.346. The zero-order chi connectivity index (χ0) is 18.7. The van der Waals surface area contributed by atoms with E-state index in [1.807, 2.05) is 36.6 Å². The maximum Gasteiger partial charge on any atom is 0.254 e. The van der Waals surface area contributed by atoms with Gasteiger partial charge in [-0.15, -0.1) is 0 Å². The first-order valence-corrected chi connectivity index (χ1v) is 8.23. The van der Waals surface area contributed by atoms with E-state index >= 15 is 0 Å². The highest BCUT2D eigenvalue weighted by Gasteiger charge is 2.23. The maximum absolute atomic E-state index is 12.8. The van der Waals surface area contributed by atoms with Gasteiger partial charge < -0.3 is 15.6 Å². The van der Waals surface area contributed by atoms with E-state index in [-0.39, 0.29) is 5.91 Å². The molecule has 3 aromatic rings. The maximum atomic E-state index is 12.8. The lowest BCUT2D eigenvalue weighted by Crippen LogP contribution is -2.37. The Balaban J connectivity index is 1.92. The summed E-state index contributed by atoms with van der Waals surface area (Å²) in [6.07, 6.45) is 3.43. The minimum Gasteiger partial charge on any atom is -0.368 e. The lowest BCUT2D eigenvalue weighted by molar-refractivity contribution is -0.120. The van der Waals surface area contributed by atoms with Gasteiger partial charge in [-0.1, -0.05) is 30.3 Å². The number of pyridine rings is 1. The summed E-state index contributed by atoms with van der Waals surface area (Å²) < 4.78 is 1.95. The normalized spacial score (nSPS) is 11.8. The summed E-state index contributed by atoms with van der Waals surface area (Å²) in [4.78, 5) is 28.8. The molecule has 6 heteroatoms. The van der Waals surface area contributed by atoms with Crippen LogP contribution in [0, 0.1) is 13.8 Å². The summed E-state index contributed by atoms with van der Waals surface area (Å²) in [6.45, 7) is 3.77. The van der Waals surface area contributed by atoms with Gasteiger partial charge in [-0.25, -0.2) is 0 Å². The number of nitrogens with two attached hydrogens (primary N) is 1. The van der Waals surface area contributed by atoms with Crippen molar-refractivity contribution in [3.8, 4) is 5.69 Å². The number of nitrogens with zero attached hydrogens (tertiary/aromatic N) is 2. The third-order valence-corrected chi connectivity index (χ3v) is 4.27. The van der Waals surface area contributed by atoms with Gasteiger partial charge in [0.25, 0.3) is 5.91 Å². The zero-order valence-electron chi connectivity index (χ0n) is 14.6. The van der Waals surface area contributed by atoms with Gasteiger partial charge in [0.1, 0.15) is 6.04 Å². The number of aromatic nitrogens is 2. The molecule has 0 saturated carbocycles. The van der Waals surface area contributed by atoms with Crippen LogP contribution in [0.3, 0.4) is 0 Å². The molecule has 0 fully saturated rings. The largest absolute Gasteiger partial charge is 0.368 e. The molecule has 0 bridgehead atoms. The molecule has 2 aromatic heterocycles. The SMILES string of the molecule is Cc1cc(C(=O)N[C@@H](C(N)=O)c2ccccc2)c(C)n1-c1cccnc1. The van der Waals surface area contributed by atoms with Gasteiger partial charge in [0.05, 0.1) is 17.4 Å². The lowest BCUT2D eigenvalue weighted by atomic mass is 10.1. The predicted octanol–water partition coefficient (Wildman–Crippen LogP) is 2.45. The number of carbonyl (C=O) groups is 2. The number of nitrogens with one attached hydrogen (secondary N) is 1. The molecule has 2 amide bonds. The van der Waals surface area contributed by atoms with Gasteiger partial charge >= 0.3 is 0 Å². The first kappa shape index (κ1) is 17.4. The second-order valence-electron chi connectivity index (χ2n) is 6.05. The van der Waals surface area contributed by atoms with E-state index < -0.39 is 11.9 Å². The summed E-state index contributed by atoms with van der Waals surface area (Å²) in [7, 11) is 0. The molecular formula is C20H20N4O2. The fourth-order valence-corrected chi connectivity index (χ4v) is 3.05. The fraction of sp³-hybridized carbons (Fsp3) is 0.150. The van der Waals surface area contributed by atoms with Gasteiger partial charge in [0.15, 0.2) is 0 Å². The molecule has 26 heavy (non-hydrogen) atoms. The van der Waals surface area contributed by atoms with Crippen LogP contribution >= 0.6 is 0 Å². The lowest BCUT2D eigenvalue weighted by Gasteiger charge is -2.16. The molecule has 0 unspecified atom stereocenters.